The number of nitrogens with one attached hydrogen (secondary N) is 2. The Morgan fingerprint density at radius 2 is 2.04 bits per heavy atom. The first-order valence-corrected chi connectivity index (χ1v) is 9.68. The molecule has 1 saturated heterocycles. The van der Waals surface area contributed by atoms with Crippen molar-refractivity contribution in [2.45, 2.75) is 26.4 Å². The minimum Gasteiger partial charge on any atom is -0.496 e. The van der Waals surface area contributed by atoms with E-state index in [-0.39, 0.29) is 0 Å². The number of aliphatic imine (C=N–C) groups is 1. The lowest BCUT2D eigenvalue weighted by Gasteiger charge is -2.32. The molecule has 0 amide bonds. The second-order valence-corrected chi connectivity index (χ2v) is 6.60. The fourth-order valence-corrected chi connectivity index (χ4v) is 3.03. The predicted molar refractivity (Wildman–Crippen MR) is 109 cm³/mol. The Kier molecular flexibility index (Phi) is 9.03. The number of nitrogens with zero attached hydrogens (tertiary/aromatic N) is 2. The van der Waals surface area contributed by atoms with Crippen LogP contribution in [0.4, 0.5) is 0 Å². The predicted octanol–water partition coefficient (Wildman–Crippen LogP) is 1.26. The molecule has 0 radical (unpaired) electrons. The van der Waals surface area contributed by atoms with E-state index in [1.54, 1.807) is 12.1 Å². The van der Waals surface area contributed by atoms with E-state index in [2.05, 4.69) is 27.4 Å². The zero-order chi connectivity index (χ0) is 20.4. The van der Waals surface area contributed by atoms with Gasteiger partial charge in [0.1, 0.15) is 11.3 Å². The normalized spacial score (nSPS) is 16.4. The van der Waals surface area contributed by atoms with Gasteiger partial charge in [-0.1, -0.05) is 6.07 Å². The molecule has 156 valence electrons. The molecule has 0 spiro atoms. The number of esters is 1. The van der Waals surface area contributed by atoms with Gasteiger partial charge in [0.2, 0.25) is 0 Å². The third-order valence-corrected chi connectivity index (χ3v) is 4.67. The highest BCUT2D eigenvalue weighted by molar-refractivity contribution is 5.92. The summed E-state index contributed by atoms with van der Waals surface area (Å²) in [4.78, 5) is 19.0. The van der Waals surface area contributed by atoms with E-state index >= 15 is 0 Å². The van der Waals surface area contributed by atoms with Gasteiger partial charge >= 0.3 is 5.97 Å². The topological polar surface area (TPSA) is 84.4 Å². The summed E-state index contributed by atoms with van der Waals surface area (Å²) >= 11 is 0. The molecule has 0 aliphatic carbocycles. The monoisotopic (exact) mass is 392 g/mol. The first-order valence-electron chi connectivity index (χ1n) is 9.68. The highest BCUT2D eigenvalue weighted by Gasteiger charge is 2.17. The molecule has 8 heteroatoms. The van der Waals surface area contributed by atoms with Crippen molar-refractivity contribution in [3.63, 3.8) is 0 Å². The molecular weight excluding hydrogens is 360 g/mol. The fourth-order valence-electron chi connectivity index (χ4n) is 3.03. The van der Waals surface area contributed by atoms with Crippen LogP contribution in [-0.2, 0) is 16.0 Å². The molecule has 28 heavy (non-hydrogen) atoms. The lowest BCUT2D eigenvalue weighted by Crippen LogP contribution is -2.49. The van der Waals surface area contributed by atoms with Gasteiger partial charge in [0, 0.05) is 32.2 Å². The summed E-state index contributed by atoms with van der Waals surface area (Å²) < 4.78 is 15.5. The van der Waals surface area contributed by atoms with E-state index in [9.17, 15) is 4.79 Å². The summed E-state index contributed by atoms with van der Waals surface area (Å²) in [7, 11) is 2.89. The summed E-state index contributed by atoms with van der Waals surface area (Å²) in [6.07, 6.45) is 0. The van der Waals surface area contributed by atoms with Crippen LogP contribution in [0.3, 0.4) is 0 Å². The quantitative estimate of drug-likeness (QED) is 0.391. The maximum absolute atomic E-state index is 11.9. The second kappa shape index (κ2) is 11.5. The van der Waals surface area contributed by atoms with Crippen molar-refractivity contribution in [3.8, 4) is 5.75 Å². The molecule has 1 aliphatic heterocycles. The van der Waals surface area contributed by atoms with Gasteiger partial charge in [-0.15, -0.1) is 0 Å². The van der Waals surface area contributed by atoms with Crippen molar-refractivity contribution in [1.29, 1.82) is 0 Å². The third kappa shape index (κ3) is 6.38. The minimum atomic E-state index is -0.424. The van der Waals surface area contributed by atoms with Crippen molar-refractivity contribution in [2.24, 2.45) is 4.99 Å². The molecule has 0 saturated carbocycles. The summed E-state index contributed by atoms with van der Waals surface area (Å²) in [6.45, 7) is 9.73. The van der Waals surface area contributed by atoms with E-state index in [4.69, 9.17) is 14.2 Å². The number of hydrogen-bond donors (Lipinski definition) is 2. The Labute approximate surface area is 167 Å². The van der Waals surface area contributed by atoms with Gasteiger partial charge in [-0.2, -0.15) is 0 Å². The van der Waals surface area contributed by atoms with Crippen LogP contribution < -0.4 is 15.4 Å². The van der Waals surface area contributed by atoms with E-state index in [1.165, 1.54) is 14.2 Å². The number of morpholine rings is 1. The van der Waals surface area contributed by atoms with Crippen molar-refractivity contribution in [2.75, 3.05) is 53.6 Å². The van der Waals surface area contributed by atoms with Crippen molar-refractivity contribution in [1.82, 2.24) is 15.5 Å². The van der Waals surface area contributed by atoms with Gasteiger partial charge in [-0.3, -0.25) is 4.90 Å². The molecule has 1 aliphatic rings. The average Bonchev–Trinajstić information content (AvgIpc) is 2.75. The lowest BCUT2D eigenvalue weighted by molar-refractivity contribution is 0.0211. The Balaban J connectivity index is 2.00. The third-order valence-electron chi connectivity index (χ3n) is 4.67. The number of ether oxygens (including phenoxy) is 3. The molecule has 1 heterocycles. The van der Waals surface area contributed by atoms with Gasteiger partial charge in [0.25, 0.3) is 0 Å². The standard InChI is InChI=1S/C20H32N4O4/c1-5-21-20(22-13-15(2)24-8-10-28-11-9-24)23-14-16-6-7-18(26-3)17(12-16)19(25)27-4/h6-7,12,15H,5,8-11,13-14H2,1-4H3,(H2,21,22,23). The second-order valence-electron chi connectivity index (χ2n) is 6.60. The fraction of sp³-hybridized carbons (Fsp3) is 0.600. The Bertz CT molecular complexity index is 660. The van der Waals surface area contributed by atoms with Crippen LogP contribution in [0.2, 0.25) is 0 Å². The number of benzene rings is 1. The Hall–Kier alpha value is -2.32. The molecule has 1 atom stereocenters. The molecule has 1 unspecified atom stereocenters. The largest absolute Gasteiger partial charge is 0.496 e. The molecule has 1 aromatic carbocycles. The van der Waals surface area contributed by atoms with Crippen LogP contribution in [-0.4, -0.2) is 76.5 Å². The Morgan fingerprint density at radius 1 is 1.29 bits per heavy atom. The van der Waals surface area contributed by atoms with Crippen molar-refractivity contribution >= 4 is 11.9 Å². The van der Waals surface area contributed by atoms with Crippen LogP contribution in [0.15, 0.2) is 23.2 Å². The van der Waals surface area contributed by atoms with E-state index in [0.717, 1.165) is 50.9 Å². The Morgan fingerprint density at radius 3 is 2.68 bits per heavy atom. The van der Waals surface area contributed by atoms with Crippen LogP contribution in [0.5, 0.6) is 5.75 Å². The molecule has 2 N–H and O–H groups in total. The van der Waals surface area contributed by atoms with Crippen LogP contribution >= 0.6 is 0 Å². The summed E-state index contributed by atoms with van der Waals surface area (Å²) in [5, 5.41) is 6.66. The maximum atomic E-state index is 11.9. The molecule has 2 rings (SSSR count). The number of methoxy groups -OCH3 is 2. The van der Waals surface area contributed by atoms with Gasteiger partial charge in [0.05, 0.1) is 34.0 Å². The SMILES string of the molecule is CCNC(=NCc1ccc(OC)c(C(=O)OC)c1)NCC(C)N1CCOCC1. The first-order chi connectivity index (χ1) is 13.6. The van der Waals surface area contributed by atoms with Gasteiger partial charge in [-0.05, 0) is 31.5 Å². The number of hydrogen-bond acceptors (Lipinski definition) is 6. The number of guanidine groups is 1. The molecule has 1 fully saturated rings. The zero-order valence-electron chi connectivity index (χ0n) is 17.3. The van der Waals surface area contributed by atoms with Crippen LogP contribution in [0.25, 0.3) is 0 Å². The van der Waals surface area contributed by atoms with Gasteiger partial charge in [-0.25, -0.2) is 9.79 Å². The van der Waals surface area contributed by atoms with Gasteiger partial charge < -0.3 is 24.8 Å². The number of rotatable bonds is 8. The van der Waals surface area contributed by atoms with Gasteiger partial charge in [0.15, 0.2) is 5.96 Å². The summed E-state index contributed by atoms with van der Waals surface area (Å²) in [5.74, 6) is 0.814. The van der Waals surface area contributed by atoms with Crippen molar-refractivity contribution < 1.29 is 19.0 Å². The number of carbonyl (C=O) groups is 1. The molecular formula is C20H32N4O4. The van der Waals surface area contributed by atoms with Crippen LogP contribution in [0, 0.1) is 0 Å². The highest BCUT2D eigenvalue weighted by atomic mass is 16.5. The molecule has 1 aromatic rings. The van der Waals surface area contributed by atoms with E-state index in [1.807, 2.05) is 13.0 Å². The summed E-state index contributed by atoms with van der Waals surface area (Å²) in [5.41, 5.74) is 1.30. The lowest BCUT2D eigenvalue weighted by atomic mass is 10.1. The first kappa shape index (κ1) is 22.0. The molecule has 0 aromatic heterocycles. The van der Waals surface area contributed by atoms with Crippen molar-refractivity contribution in [3.05, 3.63) is 29.3 Å². The van der Waals surface area contributed by atoms with E-state index in [0.29, 0.717) is 23.9 Å². The van der Waals surface area contributed by atoms with Crippen LogP contribution in [0.1, 0.15) is 29.8 Å². The molecule has 0 bridgehead atoms. The smallest absolute Gasteiger partial charge is 0.341 e. The average molecular weight is 393 g/mol. The highest BCUT2D eigenvalue weighted by Crippen LogP contribution is 2.21. The molecule has 8 nitrogen and oxygen atoms in total. The maximum Gasteiger partial charge on any atom is 0.341 e. The minimum absolute atomic E-state index is 0.389. The summed E-state index contributed by atoms with van der Waals surface area (Å²) in [6, 6.07) is 5.81. The zero-order valence-corrected chi connectivity index (χ0v) is 17.3. The van der Waals surface area contributed by atoms with E-state index < -0.39 is 5.97 Å². The number of carbonyl (C=O) groups excluding carboxylic acids is 1.